The van der Waals surface area contributed by atoms with Crippen LogP contribution >= 0.6 is 0 Å². The summed E-state index contributed by atoms with van der Waals surface area (Å²) >= 11 is 0. The number of aromatic nitrogens is 3. The van der Waals surface area contributed by atoms with Gasteiger partial charge in [-0.3, -0.25) is 4.90 Å². The Kier molecular flexibility index (Phi) is 4.20. The first-order valence-electron chi connectivity index (χ1n) is 8.53. The van der Waals surface area contributed by atoms with Gasteiger partial charge in [0.25, 0.3) is 0 Å². The first kappa shape index (κ1) is 15.5. The Morgan fingerprint density at radius 2 is 2.25 bits per heavy atom. The number of rotatable bonds is 4. The smallest absolute Gasteiger partial charge is 0.222 e. The summed E-state index contributed by atoms with van der Waals surface area (Å²) < 4.78 is 11.4. The molecule has 0 amide bonds. The Balaban J connectivity index is 1.36. The number of ether oxygens (including phenoxy) is 1. The molecule has 2 atom stereocenters. The molecule has 24 heavy (non-hydrogen) atoms. The first-order chi connectivity index (χ1) is 11.7. The molecular weight excluding hydrogens is 306 g/mol. The largest absolute Gasteiger partial charge is 0.373 e. The van der Waals surface area contributed by atoms with E-state index in [4.69, 9.17) is 9.26 Å². The minimum absolute atomic E-state index is 0.0660. The SMILES string of the molecule is Cc1cc(CN2CC[C@]3(C[C@@H](Nc4ncccn4)CCO3)C2)no1. The summed E-state index contributed by atoms with van der Waals surface area (Å²) in [4.78, 5) is 10.9. The zero-order chi connectivity index (χ0) is 16.4. The van der Waals surface area contributed by atoms with Crippen LogP contribution in [0.3, 0.4) is 0 Å². The fraction of sp³-hybridized carbons (Fsp3) is 0.588. The molecule has 128 valence electrons. The van der Waals surface area contributed by atoms with Crippen LogP contribution < -0.4 is 5.32 Å². The van der Waals surface area contributed by atoms with Crippen LogP contribution in [0.1, 0.15) is 30.7 Å². The Morgan fingerprint density at radius 1 is 1.38 bits per heavy atom. The van der Waals surface area contributed by atoms with Gasteiger partial charge in [-0.2, -0.15) is 0 Å². The molecule has 0 unspecified atom stereocenters. The van der Waals surface area contributed by atoms with Crippen molar-refractivity contribution in [3.05, 3.63) is 36.0 Å². The molecule has 0 saturated carbocycles. The van der Waals surface area contributed by atoms with E-state index in [0.29, 0.717) is 12.0 Å². The summed E-state index contributed by atoms with van der Waals surface area (Å²) in [7, 11) is 0. The molecule has 1 N–H and O–H groups in total. The number of anilines is 1. The van der Waals surface area contributed by atoms with Crippen molar-refractivity contribution in [1.29, 1.82) is 0 Å². The third kappa shape index (κ3) is 3.42. The lowest BCUT2D eigenvalue weighted by Crippen LogP contribution is -2.46. The van der Waals surface area contributed by atoms with Crippen LogP contribution in [0.15, 0.2) is 29.0 Å². The molecule has 1 spiro atoms. The van der Waals surface area contributed by atoms with Crippen molar-refractivity contribution in [2.75, 3.05) is 25.0 Å². The first-order valence-corrected chi connectivity index (χ1v) is 8.53. The third-order valence-corrected chi connectivity index (χ3v) is 4.85. The standard InChI is InChI=1S/C17H23N5O2/c1-13-9-15(21-24-13)11-22-7-4-17(12-22)10-14(3-8-23-17)20-16-18-5-2-6-19-16/h2,5-6,9,14H,3-4,7-8,10-12H2,1H3,(H,18,19,20)/t14-,17-/m0/s1. The molecule has 0 radical (unpaired) electrons. The summed E-state index contributed by atoms with van der Waals surface area (Å²) in [5.41, 5.74) is 0.927. The van der Waals surface area contributed by atoms with Crippen molar-refractivity contribution >= 4 is 5.95 Å². The van der Waals surface area contributed by atoms with E-state index in [1.807, 2.05) is 19.1 Å². The predicted octanol–water partition coefficient (Wildman–Crippen LogP) is 2.01. The van der Waals surface area contributed by atoms with Crippen molar-refractivity contribution in [3.8, 4) is 0 Å². The van der Waals surface area contributed by atoms with Crippen molar-refractivity contribution < 1.29 is 9.26 Å². The van der Waals surface area contributed by atoms with Crippen LogP contribution in [0.4, 0.5) is 5.95 Å². The average Bonchev–Trinajstić information content (AvgIpc) is 3.15. The molecule has 4 rings (SSSR count). The topological polar surface area (TPSA) is 76.3 Å². The molecule has 2 saturated heterocycles. The maximum absolute atomic E-state index is 6.20. The monoisotopic (exact) mass is 329 g/mol. The lowest BCUT2D eigenvalue weighted by molar-refractivity contribution is -0.0738. The van der Waals surface area contributed by atoms with E-state index < -0.39 is 0 Å². The van der Waals surface area contributed by atoms with Gasteiger partial charge in [0.15, 0.2) is 0 Å². The molecule has 0 bridgehead atoms. The van der Waals surface area contributed by atoms with Crippen molar-refractivity contribution in [3.63, 3.8) is 0 Å². The molecule has 2 aliphatic rings. The molecule has 7 nitrogen and oxygen atoms in total. The van der Waals surface area contributed by atoms with Gasteiger partial charge in [-0.15, -0.1) is 0 Å². The van der Waals surface area contributed by atoms with E-state index in [9.17, 15) is 0 Å². The fourth-order valence-corrected chi connectivity index (χ4v) is 3.78. The van der Waals surface area contributed by atoms with Gasteiger partial charge in [-0.1, -0.05) is 5.16 Å². The average molecular weight is 329 g/mol. The molecule has 4 heterocycles. The Labute approximate surface area is 141 Å². The Hall–Kier alpha value is -1.99. The highest BCUT2D eigenvalue weighted by molar-refractivity contribution is 5.25. The zero-order valence-corrected chi connectivity index (χ0v) is 13.9. The normalized spacial score (nSPS) is 27.6. The Bertz CT molecular complexity index is 677. The zero-order valence-electron chi connectivity index (χ0n) is 13.9. The number of nitrogens with one attached hydrogen (secondary N) is 1. The van der Waals surface area contributed by atoms with Crippen molar-refractivity contribution in [2.45, 2.75) is 44.4 Å². The third-order valence-electron chi connectivity index (χ3n) is 4.85. The van der Waals surface area contributed by atoms with E-state index in [1.165, 1.54) is 0 Å². The highest BCUT2D eigenvalue weighted by Crippen LogP contribution is 2.35. The number of nitrogens with zero attached hydrogens (tertiary/aromatic N) is 4. The highest BCUT2D eigenvalue weighted by Gasteiger charge is 2.43. The molecule has 7 heteroatoms. The molecular formula is C17H23N5O2. The quantitative estimate of drug-likeness (QED) is 0.919. The van der Waals surface area contributed by atoms with Gasteiger partial charge in [0, 0.05) is 50.7 Å². The Morgan fingerprint density at radius 3 is 3.04 bits per heavy atom. The maximum atomic E-state index is 6.20. The van der Waals surface area contributed by atoms with Gasteiger partial charge in [0.05, 0.1) is 11.3 Å². The summed E-state index contributed by atoms with van der Waals surface area (Å²) in [6.45, 7) is 5.49. The second-order valence-electron chi connectivity index (χ2n) is 6.83. The highest BCUT2D eigenvalue weighted by atomic mass is 16.5. The molecule has 2 aromatic heterocycles. The minimum Gasteiger partial charge on any atom is -0.373 e. The number of hydrogen-bond donors (Lipinski definition) is 1. The summed E-state index contributed by atoms with van der Waals surface area (Å²) in [5.74, 6) is 1.56. The molecule has 2 aliphatic heterocycles. The van der Waals surface area contributed by atoms with Crippen LogP contribution in [-0.2, 0) is 11.3 Å². The van der Waals surface area contributed by atoms with Gasteiger partial charge >= 0.3 is 0 Å². The van der Waals surface area contributed by atoms with Gasteiger partial charge in [-0.25, -0.2) is 9.97 Å². The van der Waals surface area contributed by atoms with E-state index >= 15 is 0 Å². The van der Waals surface area contributed by atoms with Gasteiger partial charge in [0.2, 0.25) is 5.95 Å². The van der Waals surface area contributed by atoms with E-state index in [0.717, 1.165) is 57.0 Å². The van der Waals surface area contributed by atoms with E-state index in [-0.39, 0.29) is 5.60 Å². The van der Waals surface area contributed by atoms with Crippen LogP contribution in [0.2, 0.25) is 0 Å². The van der Waals surface area contributed by atoms with Gasteiger partial charge < -0.3 is 14.6 Å². The number of likely N-dealkylation sites (tertiary alicyclic amines) is 1. The molecule has 2 aromatic rings. The number of aryl methyl sites for hydroxylation is 1. The summed E-state index contributed by atoms with van der Waals surface area (Å²) in [6.07, 6.45) is 6.56. The summed E-state index contributed by atoms with van der Waals surface area (Å²) in [5, 5.41) is 7.55. The van der Waals surface area contributed by atoms with Crippen LogP contribution in [-0.4, -0.2) is 51.4 Å². The van der Waals surface area contributed by atoms with E-state index in [2.05, 4.69) is 25.3 Å². The molecule has 0 aromatic carbocycles. The fourth-order valence-electron chi connectivity index (χ4n) is 3.78. The van der Waals surface area contributed by atoms with Gasteiger partial charge in [-0.05, 0) is 32.3 Å². The van der Waals surface area contributed by atoms with Crippen molar-refractivity contribution in [1.82, 2.24) is 20.0 Å². The molecule has 0 aliphatic carbocycles. The van der Waals surface area contributed by atoms with Crippen LogP contribution in [0, 0.1) is 6.92 Å². The number of hydrogen-bond acceptors (Lipinski definition) is 7. The van der Waals surface area contributed by atoms with E-state index in [1.54, 1.807) is 12.4 Å². The molecule has 2 fully saturated rings. The van der Waals surface area contributed by atoms with Crippen LogP contribution in [0.25, 0.3) is 0 Å². The van der Waals surface area contributed by atoms with Gasteiger partial charge in [0.1, 0.15) is 5.76 Å². The second-order valence-corrected chi connectivity index (χ2v) is 6.83. The predicted molar refractivity (Wildman–Crippen MR) is 88.5 cm³/mol. The van der Waals surface area contributed by atoms with Crippen LogP contribution in [0.5, 0.6) is 0 Å². The maximum Gasteiger partial charge on any atom is 0.222 e. The summed E-state index contributed by atoms with van der Waals surface area (Å²) in [6, 6.07) is 4.19. The lowest BCUT2D eigenvalue weighted by atomic mass is 9.89. The second kappa shape index (κ2) is 6.49. The minimum atomic E-state index is -0.0660. The van der Waals surface area contributed by atoms with Crippen molar-refractivity contribution in [2.24, 2.45) is 0 Å². The lowest BCUT2D eigenvalue weighted by Gasteiger charge is -2.38.